The lowest BCUT2D eigenvalue weighted by molar-refractivity contribution is 0.0697. The van der Waals surface area contributed by atoms with E-state index in [4.69, 9.17) is 31.7 Å². The van der Waals surface area contributed by atoms with Crippen LogP contribution in [0.4, 0.5) is 0 Å². The van der Waals surface area contributed by atoms with Crippen LogP contribution in [0.15, 0.2) is 18.2 Å². The molecule has 21 heavy (non-hydrogen) atoms. The molecule has 0 aromatic heterocycles. The molecule has 6 heteroatoms. The molecule has 1 aromatic rings. The van der Waals surface area contributed by atoms with Crippen molar-refractivity contribution in [2.75, 3.05) is 13.2 Å². The monoisotopic (exact) mass is 316 g/mol. The van der Waals surface area contributed by atoms with Crippen molar-refractivity contribution < 1.29 is 24.9 Å². The fourth-order valence-electron chi connectivity index (χ4n) is 1.88. The summed E-state index contributed by atoms with van der Waals surface area (Å²) in [7, 11) is 0. The molecule has 1 unspecified atom stereocenters. The Morgan fingerprint density at radius 1 is 1.24 bits per heavy atom. The number of carboxylic acids is 1. The van der Waals surface area contributed by atoms with Crippen LogP contribution in [0, 0.1) is 0 Å². The molecule has 3 N–H and O–H groups in total. The number of halogens is 1. The molecule has 118 valence electrons. The highest BCUT2D eigenvalue weighted by Crippen LogP contribution is 2.22. The van der Waals surface area contributed by atoms with Gasteiger partial charge in [0.15, 0.2) is 0 Å². The molecule has 0 radical (unpaired) electrons. The summed E-state index contributed by atoms with van der Waals surface area (Å²) in [5.41, 5.74) is 0.0615. The lowest BCUT2D eigenvalue weighted by Gasteiger charge is -2.08. The van der Waals surface area contributed by atoms with Gasteiger partial charge in [0.05, 0.1) is 29.9 Å². The number of aromatic carboxylic acids is 1. The van der Waals surface area contributed by atoms with Crippen LogP contribution >= 0.6 is 11.6 Å². The van der Waals surface area contributed by atoms with E-state index in [-0.39, 0.29) is 17.2 Å². The molecule has 1 atom stereocenters. The minimum absolute atomic E-state index is 0.0615. The number of benzene rings is 1. The van der Waals surface area contributed by atoms with E-state index in [1.807, 2.05) is 0 Å². The van der Waals surface area contributed by atoms with Gasteiger partial charge in [-0.2, -0.15) is 0 Å². The number of hydrogen-bond acceptors (Lipinski definition) is 4. The van der Waals surface area contributed by atoms with E-state index >= 15 is 0 Å². The molecule has 0 heterocycles. The van der Waals surface area contributed by atoms with Crippen LogP contribution < -0.4 is 4.74 Å². The topological polar surface area (TPSA) is 87.0 Å². The second-order valence-electron chi connectivity index (χ2n) is 4.83. The third kappa shape index (κ3) is 6.80. The number of hydrogen-bond donors (Lipinski definition) is 3. The average molecular weight is 317 g/mol. The van der Waals surface area contributed by atoms with Crippen molar-refractivity contribution in [3.63, 3.8) is 0 Å². The van der Waals surface area contributed by atoms with Crippen LogP contribution in [-0.4, -0.2) is 40.6 Å². The summed E-state index contributed by atoms with van der Waals surface area (Å²) in [6.45, 7) is 0.349. The zero-order valence-electron chi connectivity index (χ0n) is 11.8. The summed E-state index contributed by atoms with van der Waals surface area (Å²) >= 11 is 5.84. The first-order valence-electron chi connectivity index (χ1n) is 6.99. The third-order valence-corrected chi connectivity index (χ3v) is 3.39. The second kappa shape index (κ2) is 9.60. The van der Waals surface area contributed by atoms with Gasteiger partial charge in [0.1, 0.15) is 5.75 Å². The molecule has 0 spiro atoms. The van der Waals surface area contributed by atoms with Crippen molar-refractivity contribution >= 4 is 17.6 Å². The smallest absolute Gasteiger partial charge is 0.337 e. The summed E-state index contributed by atoms with van der Waals surface area (Å²) in [5.74, 6) is -0.502. The Kier molecular flexibility index (Phi) is 8.12. The van der Waals surface area contributed by atoms with Gasteiger partial charge in [-0.25, -0.2) is 4.79 Å². The number of carboxylic acid groups (broad SMARTS) is 1. The lowest BCUT2D eigenvalue weighted by atomic mass is 10.1. The van der Waals surface area contributed by atoms with Crippen molar-refractivity contribution in [2.45, 2.75) is 38.2 Å². The lowest BCUT2D eigenvalue weighted by Crippen LogP contribution is -2.11. The molecule has 0 fully saturated rings. The van der Waals surface area contributed by atoms with Gasteiger partial charge < -0.3 is 20.1 Å². The summed E-state index contributed by atoms with van der Waals surface area (Å²) < 4.78 is 5.50. The first-order chi connectivity index (χ1) is 10.0. The van der Waals surface area contributed by atoms with Crippen molar-refractivity contribution in [2.24, 2.45) is 0 Å². The van der Waals surface area contributed by atoms with Crippen LogP contribution in [0.5, 0.6) is 5.75 Å². The van der Waals surface area contributed by atoms with Gasteiger partial charge in [-0.3, -0.25) is 0 Å². The van der Waals surface area contributed by atoms with E-state index in [0.29, 0.717) is 18.8 Å². The van der Waals surface area contributed by atoms with Crippen LogP contribution in [0.25, 0.3) is 0 Å². The summed E-state index contributed by atoms with van der Waals surface area (Å²) in [6.07, 6.45) is 3.69. The fraction of sp³-hybridized carbons (Fsp3) is 0.533. The van der Waals surface area contributed by atoms with E-state index in [9.17, 15) is 4.79 Å². The summed E-state index contributed by atoms with van der Waals surface area (Å²) in [5, 5.41) is 26.8. The molecule has 0 bridgehead atoms. The molecule has 1 aromatic carbocycles. The maximum absolute atomic E-state index is 10.8. The molecule has 1 rings (SSSR count). The SMILES string of the molecule is O=C(O)c1ccc(OCCCCCCC(O)CO)cc1Cl. The van der Waals surface area contributed by atoms with Gasteiger partial charge in [0, 0.05) is 0 Å². The number of unbranched alkanes of at least 4 members (excludes halogenated alkanes) is 3. The van der Waals surface area contributed by atoms with E-state index in [1.165, 1.54) is 12.1 Å². The molecule has 0 aliphatic rings. The van der Waals surface area contributed by atoms with Crippen LogP contribution in [0.1, 0.15) is 42.5 Å². The minimum atomic E-state index is -1.06. The third-order valence-electron chi connectivity index (χ3n) is 3.08. The number of aliphatic hydroxyl groups excluding tert-OH is 2. The fourth-order valence-corrected chi connectivity index (χ4v) is 2.13. The Morgan fingerprint density at radius 2 is 1.95 bits per heavy atom. The summed E-state index contributed by atoms with van der Waals surface area (Å²) in [6, 6.07) is 4.52. The predicted octanol–water partition coefficient (Wildman–Crippen LogP) is 2.72. The molecule has 0 aliphatic heterocycles. The first kappa shape index (κ1) is 17.8. The number of ether oxygens (including phenoxy) is 1. The predicted molar refractivity (Wildman–Crippen MR) is 80.1 cm³/mol. The highest BCUT2D eigenvalue weighted by Gasteiger charge is 2.09. The minimum Gasteiger partial charge on any atom is -0.494 e. The maximum Gasteiger partial charge on any atom is 0.337 e. The maximum atomic E-state index is 10.8. The second-order valence-corrected chi connectivity index (χ2v) is 5.24. The first-order valence-corrected chi connectivity index (χ1v) is 7.37. The van der Waals surface area contributed by atoms with Gasteiger partial charge >= 0.3 is 5.97 Å². The van der Waals surface area contributed by atoms with Gasteiger partial charge in [0.25, 0.3) is 0 Å². The molecule has 0 saturated carbocycles. The molecular weight excluding hydrogens is 296 g/mol. The van der Waals surface area contributed by atoms with Crippen LogP contribution in [-0.2, 0) is 0 Å². The van der Waals surface area contributed by atoms with Gasteiger partial charge in [-0.05, 0) is 31.0 Å². The average Bonchev–Trinajstić information content (AvgIpc) is 2.45. The van der Waals surface area contributed by atoms with Crippen molar-refractivity contribution in [1.29, 1.82) is 0 Å². The molecule has 5 nitrogen and oxygen atoms in total. The van der Waals surface area contributed by atoms with Gasteiger partial charge in [-0.15, -0.1) is 0 Å². The van der Waals surface area contributed by atoms with Crippen molar-refractivity contribution in [1.82, 2.24) is 0 Å². The van der Waals surface area contributed by atoms with Gasteiger partial charge in [-0.1, -0.05) is 30.9 Å². The number of carbonyl (C=O) groups is 1. The van der Waals surface area contributed by atoms with Gasteiger partial charge in [0.2, 0.25) is 0 Å². The van der Waals surface area contributed by atoms with E-state index < -0.39 is 12.1 Å². The van der Waals surface area contributed by atoms with Crippen molar-refractivity contribution in [3.8, 4) is 5.75 Å². The number of aliphatic hydroxyl groups is 2. The van der Waals surface area contributed by atoms with Crippen LogP contribution in [0.2, 0.25) is 5.02 Å². The van der Waals surface area contributed by atoms with Crippen LogP contribution in [0.3, 0.4) is 0 Å². The highest BCUT2D eigenvalue weighted by atomic mass is 35.5. The summed E-state index contributed by atoms with van der Waals surface area (Å²) in [4.78, 5) is 10.8. The Bertz CT molecular complexity index is 450. The van der Waals surface area contributed by atoms with E-state index in [2.05, 4.69) is 0 Å². The largest absolute Gasteiger partial charge is 0.494 e. The van der Waals surface area contributed by atoms with E-state index in [1.54, 1.807) is 6.07 Å². The molecule has 0 amide bonds. The standard InChI is InChI=1S/C15H21ClO5/c16-14-9-12(6-7-13(14)15(19)20)21-8-4-2-1-3-5-11(18)10-17/h6-7,9,11,17-18H,1-5,8,10H2,(H,19,20). The Labute approximate surface area is 129 Å². The quantitative estimate of drug-likeness (QED) is 0.578. The normalized spacial score (nSPS) is 12.1. The molecule has 0 saturated heterocycles. The molecular formula is C15H21ClO5. The van der Waals surface area contributed by atoms with Crippen molar-refractivity contribution in [3.05, 3.63) is 28.8 Å². The van der Waals surface area contributed by atoms with E-state index in [0.717, 1.165) is 25.7 Å². The molecule has 0 aliphatic carbocycles. The Balaban J connectivity index is 2.18. The zero-order valence-corrected chi connectivity index (χ0v) is 12.6. The Hall–Kier alpha value is -1.30. The Morgan fingerprint density at radius 3 is 2.57 bits per heavy atom. The zero-order chi connectivity index (χ0) is 15.7. The highest BCUT2D eigenvalue weighted by molar-refractivity contribution is 6.33. The number of rotatable bonds is 10.